The Hall–Kier alpha value is -4.65. The van der Waals surface area contributed by atoms with Crippen LogP contribution >= 0.6 is 0 Å². The van der Waals surface area contributed by atoms with Gasteiger partial charge in [-0.2, -0.15) is 17.6 Å². The molecule has 5 rings (SSSR count). The summed E-state index contributed by atoms with van der Waals surface area (Å²) >= 11 is 0. The van der Waals surface area contributed by atoms with Crippen molar-refractivity contribution in [2.45, 2.75) is 38.9 Å². The summed E-state index contributed by atoms with van der Waals surface area (Å²) < 4.78 is 93.2. The largest absolute Gasteiger partial charge is 0.440 e. The summed E-state index contributed by atoms with van der Waals surface area (Å²) in [4.78, 5) is 9.23. The number of sulfone groups is 1. The van der Waals surface area contributed by atoms with Crippen molar-refractivity contribution in [3.63, 3.8) is 0 Å². The Morgan fingerprint density at radius 2 is 1.49 bits per heavy atom. The smallest absolute Gasteiger partial charge is 0.387 e. The van der Waals surface area contributed by atoms with Crippen LogP contribution in [0.4, 0.5) is 17.6 Å². The lowest BCUT2D eigenvalue weighted by Crippen LogP contribution is -2.07. The van der Waals surface area contributed by atoms with E-state index in [1.54, 1.807) is 31.2 Å². The van der Waals surface area contributed by atoms with Gasteiger partial charge in [-0.05, 0) is 67.4 Å². The highest BCUT2D eigenvalue weighted by atomic mass is 32.2. The zero-order valence-electron chi connectivity index (χ0n) is 23.3. The van der Waals surface area contributed by atoms with E-state index in [1.807, 2.05) is 36.7 Å². The second-order valence-corrected chi connectivity index (χ2v) is 11.7. The number of rotatable bonds is 9. The first kappa shape index (κ1) is 29.8. The molecule has 0 fully saturated rings. The van der Waals surface area contributed by atoms with Gasteiger partial charge in [-0.3, -0.25) is 0 Å². The molecule has 224 valence electrons. The van der Waals surface area contributed by atoms with Crippen LogP contribution in [0.25, 0.3) is 39.4 Å². The molecule has 0 saturated heterocycles. The van der Waals surface area contributed by atoms with Crippen molar-refractivity contribution in [1.82, 2.24) is 14.5 Å². The van der Waals surface area contributed by atoms with Gasteiger partial charge in [0.15, 0.2) is 33.0 Å². The lowest BCUT2D eigenvalue weighted by molar-refractivity contribution is -0.0692. The second kappa shape index (κ2) is 11.6. The first-order valence-corrected chi connectivity index (χ1v) is 14.7. The molecule has 5 aromatic rings. The number of halogens is 4. The highest BCUT2D eigenvalue weighted by Crippen LogP contribution is 2.41. The maximum atomic E-state index is 13.2. The van der Waals surface area contributed by atoms with Crippen LogP contribution < -0.4 is 9.47 Å². The maximum absolute atomic E-state index is 13.2. The van der Waals surface area contributed by atoms with E-state index in [1.165, 1.54) is 12.1 Å². The molecule has 0 radical (unpaired) electrons. The molecule has 0 aliphatic carbocycles. The Labute approximate surface area is 244 Å². The molecule has 3 aromatic carbocycles. The topological polar surface area (TPSA) is 96.5 Å². The van der Waals surface area contributed by atoms with Crippen LogP contribution in [0.1, 0.15) is 17.4 Å². The summed E-state index contributed by atoms with van der Waals surface area (Å²) in [6.07, 6.45) is 2.95. The molecular weight excluding hydrogens is 590 g/mol. The predicted molar refractivity (Wildman–Crippen MR) is 151 cm³/mol. The monoisotopic (exact) mass is 615 g/mol. The minimum atomic E-state index is -3.48. The van der Waals surface area contributed by atoms with Crippen molar-refractivity contribution in [2.24, 2.45) is 0 Å². The van der Waals surface area contributed by atoms with Crippen molar-refractivity contribution in [3.8, 4) is 50.9 Å². The average Bonchev–Trinajstić information content (AvgIpc) is 3.49. The highest BCUT2D eigenvalue weighted by molar-refractivity contribution is 7.90. The second-order valence-electron chi connectivity index (χ2n) is 9.66. The fourth-order valence-corrected chi connectivity index (χ4v) is 5.39. The standard InChI is InChI=1S/C30H25F4N3O5S/c1-16-15-37(17(2)35-16)24-10-8-20(19-6-5-7-22(12-19)43(4,38)39)13-23(24)27-28(40-18(3)36-27)21-9-11-25(41-29(31)32)26(14-21)42-30(33)34/h5-15,29-30H,1-4H3. The molecule has 0 amide bonds. The van der Waals surface area contributed by atoms with Gasteiger partial charge < -0.3 is 18.5 Å². The highest BCUT2D eigenvalue weighted by Gasteiger charge is 2.23. The third-order valence-electron chi connectivity index (χ3n) is 6.48. The number of hydrogen-bond acceptors (Lipinski definition) is 7. The number of aromatic nitrogens is 3. The number of aryl methyl sites for hydroxylation is 3. The van der Waals surface area contributed by atoms with Crippen LogP contribution in [0.5, 0.6) is 11.5 Å². The van der Waals surface area contributed by atoms with Gasteiger partial charge in [-0.15, -0.1) is 0 Å². The Bertz CT molecular complexity index is 1920. The van der Waals surface area contributed by atoms with E-state index in [9.17, 15) is 26.0 Å². The molecule has 0 unspecified atom stereocenters. The number of imidazole rings is 1. The van der Waals surface area contributed by atoms with Gasteiger partial charge in [0, 0.05) is 30.5 Å². The van der Waals surface area contributed by atoms with E-state index >= 15 is 0 Å². The number of hydrogen-bond donors (Lipinski definition) is 0. The first-order chi connectivity index (χ1) is 20.3. The maximum Gasteiger partial charge on any atom is 0.387 e. The first-order valence-electron chi connectivity index (χ1n) is 12.8. The molecule has 0 aliphatic rings. The summed E-state index contributed by atoms with van der Waals surface area (Å²) in [6.45, 7) is -1.30. The van der Waals surface area contributed by atoms with E-state index in [2.05, 4.69) is 19.4 Å². The molecule has 0 saturated carbocycles. The van der Waals surface area contributed by atoms with Crippen LogP contribution in [0.2, 0.25) is 0 Å². The Morgan fingerprint density at radius 3 is 2.14 bits per heavy atom. The number of oxazole rings is 1. The fourth-order valence-electron chi connectivity index (χ4n) is 4.72. The summed E-state index contributed by atoms with van der Waals surface area (Å²) in [5.41, 5.74) is 3.75. The minimum Gasteiger partial charge on any atom is -0.440 e. The normalized spacial score (nSPS) is 11.9. The van der Waals surface area contributed by atoms with E-state index in [-0.39, 0.29) is 22.1 Å². The van der Waals surface area contributed by atoms with Crippen LogP contribution in [-0.4, -0.2) is 42.4 Å². The van der Waals surface area contributed by atoms with Gasteiger partial charge in [-0.1, -0.05) is 18.2 Å². The Morgan fingerprint density at radius 1 is 0.814 bits per heavy atom. The summed E-state index contributed by atoms with van der Waals surface area (Å²) in [5.74, 6) is -0.120. The van der Waals surface area contributed by atoms with Gasteiger partial charge in [0.1, 0.15) is 11.5 Å². The van der Waals surface area contributed by atoms with Crippen LogP contribution in [0.15, 0.2) is 76.2 Å². The van der Waals surface area contributed by atoms with Crippen molar-refractivity contribution < 1.29 is 39.9 Å². The SMILES string of the molecule is Cc1cn(-c2ccc(-c3cccc(S(C)(=O)=O)c3)cc2-c2nc(C)oc2-c2ccc(OC(F)F)c(OC(F)F)c2)c(C)n1. The number of benzene rings is 3. The molecule has 0 N–H and O–H groups in total. The van der Waals surface area contributed by atoms with Crippen molar-refractivity contribution in [3.05, 3.63) is 84.3 Å². The van der Waals surface area contributed by atoms with Gasteiger partial charge in [0.2, 0.25) is 0 Å². The summed E-state index contributed by atoms with van der Waals surface area (Å²) in [5, 5.41) is 0. The lowest BCUT2D eigenvalue weighted by Gasteiger charge is -2.15. The third kappa shape index (κ3) is 6.41. The zero-order valence-corrected chi connectivity index (χ0v) is 24.1. The molecule has 0 spiro atoms. The number of nitrogens with zero attached hydrogens (tertiary/aromatic N) is 3. The zero-order chi connectivity index (χ0) is 31.1. The van der Waals surface area contributed by atoms with Gasteiger partial charge in [-0.25, -0.2) is 18.4 Å². The predicted octanol–water partition coefficient (Wildman–Crippen LogP) is 7.39. The van der Waals surface area contributed by atoms with Crippen molar-refractivity contribution in [1.29, 1.82) is 0 Å². The van der Waals surface area contributed by atoms with E-state index < -0.39 is 34.6 Å². The van der Waals surface area contributed by atoms with E-state index in [0.29, 0.717) is 33.9 Å². The molecule has 13 heteroatoms. The summed E-state index contributed by atoms with van der Waals surface area (Å²) in [6, 6.07) is 15.5. The third-order valence-corrected chi connectivity index (χ3v) is 7.59. The molecule has 0 bridgehead atoms. The van der Waals surface area contributed by atoms with E-state index in [4.69, 9.17) is 4.42 Å². The minimum absolute atomic E-state index is 0.146. The van der Waals surface area contributed by atoms with Crippen molar-refractivity contribution in [2.75, 3.05) is 6.26 Å². The molecular formula is C30H25F4N3O5S. The average molecular weight is 616 g/mol. The van der Waals surface area contributed by atoms with Gasteiger partial charge in [0.25, 0.3) is 0 Å². The van der Waals surface area contributed by atoms with Crippen LogP contribution in [0, 0.1) is 20.8 Å². The summed E-state index contributed by atoms with van der Waals surface area (Å²) in [7, 11) is -3.48. The van der Waals surface area contributed by atoms with Crippen LogP contribution in [-0.2, 0) is 9.84 Å². The van der Waals surface area contributed by atoms with Crippen molar-refractivity contribution >= 4 is 9.84 Å². The Kier molecular flexibility index (Phi) is 8.02. The molecule has 8 nitrogen and oxygen atoms in total. The molecule has 43 heavy (non-hydrogen) atoms. The molecule has 2 heterocycles. The number of alkyl halides is 4. The lowest BCUT2D eigenvalue weighted by atomic mass is 9.98. The van der Waals surface area contributed by atoms with Gasteiger partial charge >= 0.3 is 13.2 Å². The molecule has 0 aliphatic heterocycles. The van der Waals surface area contributed by atoms with Gasteiger partial charge in [0.05, 0.1) is 16.3 Å². The number of ether oxygens (including phenoxy) is 2. The van der Waals surface area contributed by atoms with Crippen LogP contribution in [0.3, 0.4) is 0 Å². The molecule has 2 aromatic heterocycles. The van der Waals surface area contributed by atoms with E-state index in [0.717, 1.165) is 24.1 Å². The fraction of sp³-hybridized carbons (Fsp3) is 0.200. The quantitative estimate of drug-likeness (QED) is 0.160. The molecule has 0 atom stereocenters. The Balaban J connectivity index is 1.73.